The van der Waals surface area contributed by atoms with Crippen molar-refractivity contribution in [2.45, 2.75) is 44.3 Å². The van der Waals surface area contributed by atoms with Gasteiger partial charge in [0, 0.05) is 18.2 Å². The molecule has 2 aromatic rings. The van der Waals surface area contributed by atoms with Gasteiger partial charge in [-0.25, -0.2) is 4.98 Å². The summed E-state index contributed by atoms with van der Waals surface area (Å²) in [5.41, 5.74) is 0.850. The molecule has 3 N–H and O–H groups in total. The van der Waals surface area contributed by atoms with E-state index in [4.69, 9.17) is 0 Å². The second-order valence-corrected chi connectivity index (χ2v) is 8.36. The zero-order valence-electron chi connectivity index (χ0n) is 16.4. The van der Waals surface area contributed by atoms with Gasteiger partial charge in [0.2, 0.25) is 11.8 Å². The second-order valence-electron chi connectivity index (χ2n) is 7.39. The van der Waals surface area contributed by atoms with E-state index in [0.717, 1.165) is 23.7 Å². The predicted octanol–water partition coefficient (Wildman–Crippen LogP) is 1.68. The largest absolute Gasteiger partial charge is 0.355 e. The molecule has 0 saturated heterocycles. The Balaban J connectivity index is 1.85. The van der Waals surface area contributed by atoms with Gasteiger partial charge in [0.25, 0.3) is 5.56 Å². The Bertz CT molecular complexity index is 860. The Morgan fingerprint density at radius 1 is 1.14 bits per heavy atom. The van der Waals surface area contributed by atoms with Crippen LogP contribution in [0.5, 0.6) is 0 Å². The molecule has 7 nitrogen and oxygen atoms in total. The van der Waals surface area contributed by atoms with Gasteiger partial charge in [-0.15, -0.1) is 0 Å². The number of aromatic nitrogens is 2. The quantitative estimate of drug-likeness (QED) is 0.460. The summed E-state index contributed by atoms with van der Waals surface area (Å²) in [6.07, 6.45) is 0.750. The average Bonchev–Trinajstić information content (AvgIpc) is 2.59. The highest BCUT2D eigenvalue weighted by atomic mass is 32.2. The Morgan fingerprint density at radius 3 is 2.54 bits per heavy atom. The number of carbonyl (C=O) groups is 2. The lowest BCUT2D eigenvalue weighted by Crippen LogP contribution is -2.41. The van der Waals surface area contributed by atoms with E-state index in [9.17, 15) is 14.4 Å². The Hall–Kier alpha value is -2.61. The first kappa shape index (κ1) is 21.7. The third-order valence-corrected chi connectivity index (χ3v) is 4.42. The van der Waals surface area contributed by atoms with E-state index < -0.39 is 0 Å². The normalized spacial score (nSPS) is 11.1. The van der Waals surface area contributed by atoms with Crippen molar-refractivity contribution in [3.8, 4) is 0 Å². The molecule has 0 bridgehead atoms. The Kier molecular flexibility index (Phi) is 7.80. The number of thioether (sulfide) groups is 1. The van der Waals surface area contributed by atoms with Crippen LogP contribution < -0.4 is 16.2 Å². The summed E-state index contributed by atoms with van der Waals surface area (Å²) in [7, 11) is 0. The molecular formula is C20H26N4O3S. The number of nitrogens with zero attached hydrogens (tertiary/aromatic N) is 1. The molecule has 1 heterocycles. The van der Waals surface area contributed by atoms with Gasteiger partial charge >= 0.3 is 0 Å². The minimum Gasteiger partial charge on any atom is -0.355 e. The summed E-state index contributed by atoms with van der Waals surface area (Å²) < 4.78 is 0. The highest BCUT2D eigenvalue weighted by Crippen LogP contribution is 2.12. The van der Waals surface area contributed by atoms with Gasteiger partial charge in [0.05, 0.1) is 17.9 Å². The summed E-state index contributed by atoms with van der Waals surface area (Å²) in [6.45, 7) is 6.20. The van der Waals surface area contributed by atoms with E-state index in [-0.39, 0.29) is 35.1 Å². The third kappa shape index (κ3) is 8.39. The van der Waals surface area contributed by atoms with Gasteiger partial charge in [-0.1, -0.05) is 42.1 Å². The summed E-state index contributed by atoms with van der Waals surface area (Å²) >= 11 is 1.13. The zero-order valence-corrected chi connectivity index (χ0v) is 17.2. The maximum atomic E-state index is 12.1. The van der Waals surface area contributed by atoms with Crippen molar-refractivity contribution in [2.75, 3.05) is 12.3 Å². The van der Waals surface area contributed by atoms with Crippen molar-refractivity contribution < 1.29 is 9.59 Å². The van der Waals surface area contributed by atoms with Crippen LogP contribution in [0.2, 0.25) is 0 Å². The number of H-pyrrole nitrogens is 1. The first-order chi connectivity index (χ1) is 13.2. The van der Waals surface area contributed by atoms with Crippen molar-refractivity contribution in [1.82, 2.24) is 20.6 Å². The number of hydrogen-bond acceptors (Lipinski definition) is 5. The predicted molar refractivity (Wildman–Crippen MR) is 110 cm³/mol. The SMILES string of the molecule is CC(C)(C)NC(=O)CSc1nc(CC(=O)NCCc2ccccc2)cc(=O)[nH]1. The van der Waals surface area contributed by atoms with Crippen molar-refractivity contribution in [3.63, 3.8) is 0 Å². The fourth-order valence-corrected chi connectivity index (χ4v) is 3.14. The molecule has 150 valence electrons. The van der Waals surface area contributed by atoms with E-state index in [1.807, 2.05) is 51.1 Å². The standard InChI is InChI=1S/C20H26N4O3S/c1-20(2,3)24-18(27)13-28-19-22-15(12-17(26)23-19)11-16(25)21-10-9-14-7-5-4-6-8-14/h4-8,12H,9-11,13H2,1-3H3,(H,21,25)(H,24,27)(H,22,23,26). The highest BCUT2D eigenvalue weighted by Gasteiger charge is 2.14. The van der Waals surface area contributed by atoms with Gasteiger partial charge in [0.1, 0.15) is 0 Å². The van der Waals surface area contributed by atoms with E-state index in [0.29, 0.717) is 17.4 Å². The molecular weight excluding hydrogens is 376 g/mol. The molecule has 0 spiro atoms. The highest BCUT2D eigenvalue weighted by molar-refractivity contribution is 7.99. The van der Waals surface area contributed by atoms with Crippen LogP contribution in [0.4, 0.5) is 0 Å². The number of carbonyl (C=O) groups excluding carboxylic acids is 2. The fraction of sp³-hybridized carbons (Fsp3) is 0.400. The van der Waals surface area contributed by atoms with Gasteiger partial charge < -0.3 is 15.6 Å². The Labute approximate surface area is 168 Å². The van der Waals surface area contributed by atoms with E-state index in [1.165, 1.54) is 6.07 Å². The van der Waals surface area contributed by atoms with Crippen LogP contribution in [0.1, 0.15) is 32.0 Å². The molecule has 1 aromatic heterocycles. The zero-order chi connectivity index (χ0) is 20.6. The number of amides is 2. The summed E-state index contributed by atoms with van der Waals surface area (Å²) in [4.78, 5) is 42.7. The van der Waals surface area contributed by atoms with Gasteiger partial charge in [-0.05, 0) is 32.8 Å². The molecule has 0 radical (unpaired) electrons. The first-order valence-electron chi connectivity index (χ1n) is 9.06. The van der Waals surface area contributed by atoms with Crippen LogP contribution >= 0.6 is 11.8 Å². The third-order valence-electron chi connectivity index (χ3n) is 3.55. The molecule has 0 saturated carbocycles. The van der Waals surface area contributed by atoms with E-state index >= 15 is 0 Å². The lowest BCUT2D eigenvalue weighted by Gasteiger charge is -2.20. The number of hydrogen-bond donors (Lipinski definition) is 3. The van der Waals surface area contributed by atoms with Gasteiger partial charge in [-0.3, -0.25) is 14.4 Å². The van der Waals surface area contributed by atoms with Crippen LogP contribution in [0.15, 0.2) is 46.3 Å². The van der Waals surface area contributed by atoms with Crippen LogP contribution in [-0.4, -0.2) is 39.6 Å². The molecule has 0 unspecified atom stereocenters. The summed E-state index contributed by atoms with van der Waals surface area (Å²) in [5.74, 6) is -0.216. The number of benzene rings is 1. The number of nitrogens with one attached hydrogen (secondary N) is 3. The smallest absolute Gasteiger partial charge is 0.251 e. The minimum atomic E-state index is -0.346. The molecule has 1 aromatic carbocycles. The van der Waals surface area contributed by atoms with Crippen molar-refractivity contribution in [2.24, 2.45) is 0 Å². The molecule has 28 heavy (non-hydrogen) atoms. The van der Waals surface area contributed by atoms with E-state index in [1.54, 1.807) is 0 Å². The summed E-state index contributed by atoms with van der Waals surface area (Å²) in [5, 5.41) is 6.00. The maximum absolute atomic E-state index is 12.1. The summed E-state index contributed by atoms with van der Waals surface area (Å²) in [6, 6.07) is 11.2. The Morgan fingerprint density at radius 2 is 1.86 bits per heavy atom. The van der Waals surface area contributed by atoms with Crippen LogP contribution in [-0.2, 0) is 22.4 Å². The lowest BCUT2D eigenvalue weighted by molar-refractivity contribution is -0.121. The van der Waals surface area contributed by atoms with Crippen LogP contribution in [0.3, 0.4) is 0 Å². The van der Waals surface area contributed by atoms with E-state index in [2.05, 4.69) is 20.6 Å². The van der Waals surface area contributed by atoms with Gasteiger partial charge in [0.15, 0.2) is 5.16 Å². The lowest BCUT2D eigenvalue weighted by atomic mass is 10.1. The molecule has 0 aliphatic heterocycles. The number of aromatic amines is 1. The molecule has 0 atom stereocenters. The second kappa shape index (κ2) is 10.1. The average molecular weight is 403 g/mol. The molecule has 0 aliphatic carbocycles. The molecule has 0 aliphatic rings. The fourth-order valence-electron chi connectivity index (χ4n) is 2.45. The van der Waals surface area contributed by atoms with Crippen molar-refractivity contribution in [1.29, 1.82) is 0 Å². The minimum absolute atomic E-state index is 0.0143. The topological polar surface area (TPSA) is 104 Å². The van der Waals surface area contributed by atoms with Crippen molar-refractivity contribution in [3.05, 3.63) is 58.0 Å². The molecule has 2 rings (SSSR count). The van der Waals surface area contributed by atoms with Crippen molar-refractivity contribution >= 4 is 23.6 Å². The molecule has 2 amide bonds. The molecule has 8 heteroatoms. The first-order valence-corrected chi connectivity index (χ1v) is 10.0. The molecule has 0 fully saturated rings. The number of rotatable bonds is 8. The monoisotopic (exact) mass is 402 g/mol. The van der Waals surface area contributed by atoms with Gasteiger partial charge in [-0.2, -0.15) is 0 Å². The maximum Gasteiger partial charge on any atom is 0.251 e. The van der Waals surface area contributed by atoms with Crippen LogP contribution in [0.25, 0.3) is 0 Å². The van der Waals surface area contributed by atoms with Crippen LogP contribution in [0, 0.1) is 0 Å².